The zero-order valence-corrected chi connectivity index (χ0v) is 10.7. The van der Waals surface area contributed by atoms with Crippen LogP contribution in [0.3, 0.4) is 0 Å². The highest BCUT2D eigenvalue weighted by atomic mass is 35.5. The van der Waals surface area contributed by atoms with Crippen molar-refractivity contribution in [3.8, 4) is 0 Å². The average Bonchev–Trinajstić information content (AvgIpc) is 2.34. The van der Waals surface area contributed by atoms with Crippen molar-refractivity contribution in [2.45, 2.75) is 20.0 Å². The minimum Gasteiger partial charge on any atom is -0.384 e. The van der Waals surface area contributed by atoms with Gasteiger partial charge in [-0.2, -0.15) is 0 Å². The fourth-order valence-corrected chi connectivity index (χ4v) is 2.13. The predicted octanol–water partition coefficient (Wildman–Crippen LogP) is 4.04. The standard InChI is InChI=1S/C15H15ClO/c1-10-9-14(16)11(2)8-13(10)15(17)12-6-4-3-5-7-12/h3-9,15,17H,1-2H3. The Hall–Kier alpha value is -1.31. The van der Waals surface area contributed by atoms with Crippen LogP contribution in [0.1, 0.15) is 28.4 Å². The zero-order chi connectivity index (χ0) is 12.4. The monoisotopic (exact) mass is 246 g/mol. The Morgan fingerprint density at radius 1 is 1.00 bits per heavy atom. The molecule has 0 heterocycles. The van der Waals surface area contributed by atoms with E-state index >= 15 is 0 Å². The second-order valence-corrected chi connectivity index (χ2v) is 4.68. The maximum atomic E-state index is 10.3. The van der Waals surface area contributed by atoms with Gasteiger partial charge in [-0.15, -0.1) is 0 Å². The Balaban J connectivity index is 2.44. The van der Waals surface area contributed by atoms with Crippen molar-refractivity contribution in [2.24, 2.45) is 0 Å². The number of halogens is 1. The molecule has 0 amide bonds. The van der Waals surface area contributed by atoms with Gasteiger partial charge < -0.3 is 5.11 Å². The highest BCUT2D eigenvalue weighted by Gasteiger charge is 2.13. The second kappa shape index (κ2) is 4.91. The van der Waals surface area contributed by atoms with Crippen molar-refractivity contribution in [3.63, 3.8) is 0 Å². The van der Waals surface area contributed by atoms with Crippen molar-refractivity contribution < 1.29 is 5.11 Å². The summed E-state index contributed by atoms with van der Waals surface area (Å²) in [4.78, 5) is 0. The lowest BCUT2D eigenvalue weighted by molar-refractivity contribution is 0.219. The Morgan fingerprint density at radius 3 is 2.29 bits per heavy atom. The lowest BCUT2D eigenvalue weighted by atomic mass is 9.96. The van der Waals surface area contributed by atoms with Crippen LogP contribution < -0.4 is 0 Å². The molecule has 0 aliphatic carbocycles. The summed E-state index contributed by atoms with van der Waals surface area (Å²) in [5, 5.41) is 11.1. The fraction of sp³-hybridized carbons (Fsp3) is 0.200. The van der Waals surface area contributed by atoms with E-state index in [1.54, 1.807) is 0 Å². The minimum absolute atomic E-state index is 0.591. The van der Waals surface area contributed by atoms with Crippen molar-refractivity contribution in [3.05, 3.63) is 69.7 Å². The molecule has 0 fully saturated rings. The van der Waals surface area contributed by atoms with Gasteiger partial charge in [0.2, 0.25) is 0 Å². The molecule has 2 aromatic rings. The SMILES string of the molecule is Cc1cc(C(O)c2ccccc2)c(C)cc1Cl. The summed E-state index contributed by atoms with van der Waals surface area (Å²) >= 11 is 6.05. The topological polar surface area (TPSA) is 20.2 Å². The normalized spacial score (nSPS) is 12.5. The van der Waals surface area contributed by atoms with Crippen LogP contribution in [0, 0.1) is 13.8 Å². The van der Waals surface area contributed by atoms with Gasteiger partial charge in [0.05, 0.1) is 0 Å². The summed E-state index contributed by atoms with van der Waals surface area (Å²) in [6.07, 6.45) is -0.591. The van der Waals surface area contributed by atoms with Gasteiger partial charge in [-0.25, -0.2) is 0 Å². The zero-order valence-electron chi connectivity index (χ0n) is 9.94. The molecule has 1 nitrogen and oxygen atoms in total. The van der Waals surface area contributed by atoms with Gasteiger partial charge in [0.15, 0.2) is 0 Å². The van der Waals surface area contributed by atoms with Crippen LogP contribution in [-0.2, 0) is 0 Å². The first-order chi connectivity index (χ1) is 8.09. The predicted molar refractivity (Wildman–Crippen MR) is 71.4 cm³/mol. The van der Waals surface area contributed by atoms with E-state index in [0.717, 1.165) is 27.3 Å². The maximum Gasteiger partial charge on any atom is 0.104 e. The average molecular weight is 247 g/mol. The largest absolute Gasteiger partial charge is 0.384 e. The van der Waals surface area contributed by atoms with E-state index < -0.39 is 6.10 Å². The van der Waals surface area contributed by atoms with Gasteiger partial charge in [0.1, 0.15) is 6.10 Å². The number of rotatable bonds is 2. The number of benzene rings is 2. The number of aryl methyl sites for hydroxylation is 2. The third kappa shape index (κ3) is 2.51. The molecule has 2 heteroatoms. The molecule has 2 rings (SSSR count). The van der Waals surface area contributed by atoms with E-state index in [1.165, 1.54) is 0 Å². The summed E-state index contributed by atoms with van der Waals surface area (Å²) < 4.78 is 0. The summed E-state index contributed by atoms with van der Waals surface area (Å²) in [5.74, 6) is 0. The molecule has 0 aliphatic heterocycles. The first-order valence-electron chi connectivity index (χ1n) is 5.59. The third-order valence-corrected chi connectivity index (χ3v) is 3.36. The van der Waals surface area contributed by atoms with Gasteiger partial charge in [0.25, 0.3) is 0 Å². The molecule has 17 heavy (non-hydrogen) atoms. The molecule has 0 bridgehead atoms. The van der Waals surface area contributed by atoms with E-state index in [2.05, 4.69) is 0 Å². The van der Waals surface area contributed by atoms with E-state index in [0.29, 0.717) is 0 Å². The molecule has 88 valence electrons. The summed E-state index contributed by atoms with van der Waals surface area (Å²) in [6.45, 7) is 3.91. The first kappa shape index (κ1) is 12.2. The van der Waals surface area contributed by atoms with Crippen molar-refractivity contribution in [2.75, 3.05) is 0 Å². The molecule has 0 saturated heterocycles. The lowest BCUT2D eigenvalue weighted by Gasteiger charge is -2.15. The van der Waals surface area contributed by atoms with Gasteiger partial charge in [-0.05, 0) is 42.2 Å². The number of aliphatic hydroxyl groups is 1. The van der Waals surface area contributed by atoms with Crippen LogP contribution in [0.4, 0.5) is 0 Å². The highest BCUT2D eigenvalue weighted by Crippen LogP contribution is 2.28. The summed E-state index contributed by atoms with van der Waals surface area (Å²) in [6, 6.07) is 13.5. The van der Waals surface area contributed by atoms with Gasteiger partial charge in [-0.1, -0.05) is 48.0 Å². The third-order valence-electron chi connectivity index (χ3n) is 2.96. The number of hydrogen-bond donors (Lipinski definition) is 1. The molecule has 0 aliphatic rings. The molecular weight excluding hydrogens is 232 g/mol. The fourth-order valence-electron chi connectivity index (χ4n) is 1.91. The summed E-state index contributed by atoms with van der Waals surface area (Å²) in [7, 11) is 0. The van der Waals surface area contributed by atoms with Crippen molar-refractivity contribution >= 4 is 11.6 Å². The summed E-state index contributed by atoms with van der Waals surface area (Å²) in [5.41, 5.74) is 3.81. The molecule has 2 aromatic carbocycles. The lowest BCUT2D eigenvalue weighted by Crippen LogP contribution is -2.02. The van der Waals surface area contributed by atoms with Gasteiger partial charge in [0, 0.05) is 5.02 Å². The Bertz CT molecular complexity index is 520. The Morgan fingerprint density at radius 2 is 1.65 bits per heavy atom. The van der Waals surface area contributed by atoms with Crippen LogP contribution in [0.5, 0.6) is 0 Å². The molecule has 1 atom stereocenters. The van der Waals surface area contributed by atoms with E-state index in [9.17, 15) is 5.11 Å². The van der Waals surface area contributed by atoms with Crippen molar-refractivity contribution in [1.82, 2.24) is 0 Å². The highest BCUT2D eigenvalue weighted by molar-refractivity contribution is 6.31. The molecule has 0 spiro atoms. The van der Waals surface area contributed by atoms with Crippen LogP contribution in [0.15, 0.2) is 42.5 Å². The quantitative estimate of drug-likeness (QED) is 0.848. The Labute approximate surface area is 107 Å². The van der Waals surface area contributed by atoms with Gasteiger partial charge >= 0.3 is 0 Å². The Kier molecular flexibility index (Phi) is 3.51. The van der Waals surface area contributed by atoms with Crippen LogP contribution >= 0.6 is 11.6 Å². The molecule has 0 saturated carbocycles. The number of hydrogen-bond acceptors (Lipinski definition) is 1. The maximum absolute atomic E-state index is 10.3. The molecular formula is C15H15ClO. The molecule has 0 aromatic heterocycles. The first-order valence-corrected chi connectivity index (χ1v) is 5.97. The van der Waals surface area contributed by atoms with Gasteiger partial charge in [-0.3, -0.25) is 0 Å². The second-order valence-electron chi connectivity index (χ2n) is 4.27. The van der Waals surface area contributed by atoms with E-state index in [4.69, 9.17) is 11.6 Å². The van der Waals surface area contributed by atoms with Crippen molar-refractivity contribution in [1.29, 1.82) is 0 Å². The molecule has 0 radical (unpaired) electrons. The van der Waals surface area contributed by atoms with Crippen LogP contribution in [0.2, 0.25) is 5.02 Å². The van der Waals surface area contributed by atoms with E-state index in [1.807, 2.05) is 56.3 Å². The van der Waals surface area contributed by atoms with E-state index in [-0.39, 0.29) is 0 Å². The molecule has 1 N–H and O–H groups in total. The smallest absolute Gasteiger partial charge is 0.104 e. The van der Waals surface area contributed by atoms with Crippen LogP contribution in [-0.4, -0.2) is 5.11 Å². The van der Waals surface area contributed by atoms with Crippen LogP contribution in [0.25, 0.3) is 0 Å². The number of aliphatic hydroxyl groups excluding tert-OH is 1. The minimum atomic E-state index is -0.591. The molecule has 1 unspecified atom stereocenters.